The molecule has 2 fully saturated rings. The molecular formula is C24H38Cl2Zr. The third-order valence-electron chi connectivity index (χ3n) is 6.57. The Kier molecular flexibility index (Phi) is 14.6. The van der Waals surface area contributed by atoms with E-state index in [1.165, 1.54) is 44.9 Å². The van der Waals surface area contributed by atoms with Crippen LogP contribution >= 0.6 is 17.0 Å². The van der Waals surface area contributed by atoms with E-state index in [-0.39, 0.29) is 22.3 Å². The van der Waals surface area contributed by atoms with Crippen LogP contribution in [0.15, 0.2) is 48.6 Å². The molecule has 0 amide bonds. The second-order valence-electron chi connectivity index (χ2n) is 7.70. The van der Waals surface area contributed by atoms with Gasteiger partial charge < -0.3 is 14.9 Å². The molecule has 0 heterocycles. The van der Waals surface area contributed by atoms with Gasteiger partial charge in [0.1, 0.15) is 0 Å². The van der Waals surface area contributed by atoms with Crippen molar-refractivity contribution in [3.05, 3.63) is 63.5 Å². The zero-order valence-electron chi connectivity index (χ0n) is 16.3. The van der Waals surface area contributed by atoms with Crippen molar-refractivity contribution in [3.63, 3.8) is 0 Å². The van der Waals surface area contributed by atoms with Crippen molar-refractivity contribution in [1.82, 2.24) is 0 Å². The van der Waals surface area contributed by atoms with Gasteiger partial charge in [-0.15, -0.1) is 0 Å². The summed E-state index contributed by atoms with van der Waals surface area (Å²) in [5.74, 6) is 5.39. The average molecular weight is 489 g/mol. The third kappa shape index (κ3) is 7.31. The van der Waals surface area contributed by atoms with E-state index in [0.717, 1.165) is 35.5 Å². The van der Waals surface area contributed by atoms with Gasteiger partial charge in [-0.05, 0) is 74.0 Å². The Morgan fingerprint density at radius 2 is 1.04 bits per heavy atom. The second kappa shape index (κ2) is 14.4. The number of allylic oxidation sites excluding steroid dienone is 8. The predicted molar refractivity (Wildman–Crippen MR) is 121 cm³/mol. The number of halogens is 2. The summed E-state index contributed by atoms with van der Waals surface area (Å²) < 4.78 is 0. The molecule has 0 saturated heterocycles. The minimum atomic E-state index is -0.826. The Morgan fingerprint density at radius 1 is 0.667 bits per heavy atom. The predicted octanol–water partition coefficient (Wildman–Crippen LogP) is 8.61. The molecule has 6 unspecified atom stereocenters. The van der Waals surface area contributed by atoms with Gasteiger partial charge in [0.2, 0.25) is 0 Å². The maximum atomic E-state index is 4.93. The van der Waals surface area contributed by atoms with E-state index >= 15 is 0 Å². The van der Waals surface area contributed by atoms with Crippen LogP contribution in [-0.2, 0) is 20.8 Å². The second-order valence-corrected chi connectivity index (χ2v) is 11.4. The van der Waals surface area contributed by atoms with Crippen molar-refractivity contribution < 1.29 is 20.8 Å². The van der Waals surface area contributed by atoms with Crippen LogP contribution in [0, 0.1) is 50.4 Å². The first-order valence-corrected chi connectivity index (χ1v) is 15.8. The summed E-state index contributed by atoms with van der Waals surface area (Å²) in [5.41, 5.74) is 0. The van der Waals surface area contributed by atoms with Crippen molar-refractivity contribution in [2.45, 2.75) is 52.4 Å². The molecule has 4 aliphatic carbocycles. The van der Waals surface area contributed by atoms with Crippen LogP contribution in [0.5, 0.6) is 0 Å². The maximum absolute atomic E-state index is 4.93. The summed E-state index contributed by atoms with van der Waals surface area (Å²) in [6, 6.07) is 0. The molecule has 0 N–H and O–H groups in total. The summed E-state index contributed by atoms with van der Waals surface area (Å²) in [7, 11) is 9.87. The summed E-state index contributed by atoms with van der Waals surface area (Å²) in [4.78, 5) is 0. The molecule has 0 aromatic rings. The molecule has 0 aromatic carbocycles. The standard InChI is InChI=1S/C21H28.CH4.2CH3.2ClH.Zr/c1-3-10-20-16(6-1)12-14-18(20)8-5-9-19-15-13-17-7-2-4-11-21(17)19;;;;;;/h1-4,6-7,10-11,16-21H,5,8-9,12-15H2;1H4;2*1H3;2*1H;/q;;2*-1;;;+4/p-2. The molecular weight excluding hydrogens is 450 g/mol. The molecule has 6 atom stereocenters. The van der Waals surface area contributed by atoms with Crippen molar-refractivity contribution in [3.8, 4) is 0 Å². The molecule has 0 aromatic heterocycles. The molecule has 4 aliphatic rings. The first-order chi connectivity index (χ1) is 11.8. The van der Waals surface area contributed by atoms with Crippen LogP contribution in [0.1, 0.15) is 52.4 Å². The fourth-order valence-electron chi connectivity index (χ4n) is 5.45. The zero-order valence-corrected chi connectivity index (χ0v) is 20.3. The fraction of sp³-hybridized carbons (Fsp3) is 0.583. The van der Waals surface area contributed by atoms with Crippen molar-refractivity contribution in [1.29, 1.82) is 0 Å². The molecule has 3 heteroatoms. The number of rotatable bonds is 4. The fourth-order valence-corrected chi connectivity index (χ4v) is 5.45. The Balaban J connectivity index is 0.00000106. The number of fused-ring (bicyclic) bond motifs is 2. The molecule has 0 aliphatic heterocycles. The van der Waals surface area contributed by atoms with Crippen LogP contribution in [0.4, 0.5) is 0 Å². The van der Waals surface area contributed by atoms with Crippen LogP contribution < -0.4 is 0 Å². The Bertz CT molecular complexity index is 465. The van der Waals surface area contributed by atoms with Crippen LogP contribution in [0.3, 0.4) is 0 Å². The van der Waals surface area contributed by atoms with E-state index in [0.29, 0.717) is 0 Å². The number of hydrogen-bond acceptors (Lipinski definition) is 0. The van der Waals surface area contributed by atoms with Gasteiger partial charge >= 0.3 is 37.9 Å². The zero-order chi connectivity index (χ0) is 16.8. The first kappa shape index (κ1) is 27.4. The summed E-state index contributed by atoms with van der Waals surface area (Å²) in [5, 5.41) is 0. The van der Waals surface area contributed by atoms with Gasteiger partial charge in [0.05, 0.1) is 0 Å². The van der Waals surface area contributed by atoms with Crippen LogP contribution in [0.2, 0.25) is 0 Å². The monoisotopic (exact) mass is 486 g/mol. The van der Waals surface area contributed by atoms with E-state index in [4.69, 9.17) is 17.0 Å². The molecule has 27 heavy (non-hydrogen) atoms. The molecule has 0 spiro atoms. The molecule has 0 bridgehead atoms. The van der Waals surface area contributed by atoms with Gasteiger partial charge in [0, 0.05) is 0 Å². The number of hydrogen-bond donors (Lipinski definition) is 0. The van der Waals surface area contributed by atoms with Gasteiger partial charge in [-0.3, -0.25) is 0 Å². The van der Waals surface area contributed by atoms with E-state index < -0.39 is 20.8 Å². The Morgan fingerprint density at radius 3 is 1.44 bits per heavy atom. The third-order valence-corrected chi connectivity index (χ3v) is 6.57. The summed E-state index contributed by atoms with van der Waals surface area (Å²) >= 11 is -0.826. The Hall–Kier alpha value is 0.423. The van der Waals surface area contributed by atoms with Crippen molar-refractivity contribution in [2.24, 2.45) is 35.5 Å². The summed E-state index contributed by atoms with van der Waals surface area (Å²) in [6.07, 6.45) is 29.1. The van der Waals surface area contributed by atoms with Gasteiger partial charge in [0.15, 0.2) is 0 Å². The average Bonchev–Trinajstić information content (AvgIpc) is 3.21. The molecule has 2 saturated carbocycles. The van der Waals surface area contributed by atoms with Crippen LogP contribution in [0.25, 0.3) is 0 Å². The van der Waals surface area contributed by atoms with Gasteiger partial charge in [-0.1, -0.05) is 62.5 Å². The first-order valence-electron chi connectivity index (χ1n) is 9.49. The van der Waals surface area contributed by atoms with Gasteiger partial charge in [-0.25, -0.2) is 0 Å². The van der Waals surface area contributed by atoms with E-state index in [1.54, 1.807) is 0 Å². The van der Waals surface area contributed by atoms with Crippen molar-refractivity contribution in [2.75, 3.05) is 0 Å². The van der Waals surface area contributed by atoms with E-state index in [2.05, 4.69) is 48.6 Å². The van der Waals surface area contributed by atoms with Gasteiger partial charge in [-0.2, -0.15) is 0 Å². The minimum absolute atomic E-state index is 0. The Labute approximate surface area is 188 Å². The SMILES string of the molecule is C.C1=CC2CCC(CCCC3CCC4C=CC=CC43)C2C=C1.[CH3-].[CH3-].[Cl][Zr+2][Cl]. The van der Waals surface area contributed by atoms with Crippen molar-refractivity contribution >= 4 is 17.0 Å². The quantitative estimate of drug-likeness (QED) is 0.348. The van der Waals surface area contributed by atoms with E-state index in [1.807, 2.05) is 0 Å². The van der Waals surface area contributed by atoms with Gasteiger partial charge in [0.25, 0.3) is 0 Å². The topological polar surface area (TPSA) is 0 Å². The summed E-state index contributed by atoms with van der Waals surface area (Å²) in [6.45, 7) is 0. The molecule has 0 nitrogen and oxygen atoms in total. The molecule has 4 rings (SSSR count). The van der Waals surface area contributed by atoms with E-state index in [9.17, 15) is 0 Å². The molecule has 152 valence electrons. The van der Waals surface area contributed by atoms with Crippen LogP contribution in [-0.4, -0.2) is 0 Å². The normalized spacial score (nSPS) is 34.0. The molecule has 0 radical (unpaired) electrons.